The second kappa shape index (κ2) is 3.55. The molecule has 0 aliphatic heterocycles. The summed E-state index contributed by atoms with van der Waals surface area (Å²) in [6, 6.07) is 0. The lowest BCUT2D eigenvalue weighted by Gasteiger charge is -1.98. The van der Waals surface area contributed by atoms with Crippen molar-refractivity contribution in [1.29, 1.82) is 0 Å². The van der Waals surface area contributed by atoms with Gasteiger partial charge in [-0.1, -0.05) is 0 Å². The van der Waals surface area contributed by atoms with Crippen molar-refractivity contribution in [3.05, 3.63) is 16.4 Å². The zero-order valence-electron chi connectivity index (χ0n) is 6.33. The first-order valence-electron chi connectivity index (χ1n) is 3.11. The molecule has 0 saturated heterocycles. The lowest BCUT2D eigenvalue weighted by atomic mass is 10.4. The van der Waals surface area contributed by atoms with Crippen LogP contribution in [0.4, 0.5) is 0 Å². The summed E-state index contributed by atoms with van der Waals surface area (Å²) in [5.41, 5.74) is 0.709. The molecule has 68 valence electrons. The molecule has 0 atom stereocenters. The van der Waals surface area contributed by atoms with Crippen molar-refractivity contribution in [3.8, 4) is 0 Å². The van der Waals surface area contributed by atoms with Gasteiger partial charge in [-0.2, -0.15) is 5.10 Å². The van der Waals surface area contributed by atoms with Crippen molar-refractivity contribution in [2.45, 2.75) is 6.54 Å². The highest BCUT2D eigenvalue weighted by molar-refractivity contribution is 9.10. The quantitative estimate of drug-likeness (QED) is 0.810. The maximum atomic E-state index is 10.7. The van der Waals surface area contributed by atoms with Gasteiger partial charge in [-0.3, -0.25) is 5.10 Å². The normalized spacial score (nSPS) is 11.8. The SMILES string of the molecule is CS(=O)(=O)NCc1[nH]ncc1Br. The van der Waals surface area contributed by atoms with E-state index in [0.29, 0.717) is 5.69 Å². The van der Waals surface area contributed by atoms with Crippen LogP contribution < -0.4 is 4.72 Å². The predicted octanol–water partition coefficient (Wildman–Crippen LogP) is 0.221. The summed E-state index contributed by atoms with van der Waals surface area (Å²) in [6.45, 7) is 0.222. The highest BCUT2D eigenvalue weighted by Crippen LogP contribution is 2.11. The van der Waals surface area contributed by atoms with Crippen LogP contribution in [0.3, 0.4) is 0 Å². The number of hydrogen-bond acceptors (Lipinski definition) is 3. The Kier molecular flexibility index (Phi) is 2.86. The van der Waals surface area contributed by atoms with Gasteiger partial charge in [0, 0.05) is 0 Å². The summed E-state index contributed by atoms with van der Waals surface area (Å²) < 4.78 is 24.5. The summed E-state index contributed by atoms with van der Waals surface area (Å²) in [6.07, 6.45) is 2.68. The van der Waals surface area contributed by atoms with Crippen molar-refractivity contribution in [3.63, 3.8) is 0 Å². The van der Waals surface area contributed by atoms with Gasteiger partial charge in [0.1, 0.15) is 0 Å². The van der Waals surface area contributed by atoms with Gasteiger partial charge in [-0.05, 0) is 15.9 Å². The van der Waals surface area contributed by atoms with Crippen molar-refractivity contribution in [2.75, 3.05) is 6.26 Å². The summed E-state index contributed by atoms with van der Waals surface area (Å²) in [5.74, 6) is 0. The van der Waals surface area contributed by atoms with E-state index >= 15 is 0 Å². The number of aromatic nitrogens is 2. The molecule has 7 heteroatoms. The molecule has 1 aromatic rings. The van der Waals surface area contributed by atoms with Crippen LogP contribution in [-0.4, -0.2) is 24.9 Å². The van der Waals surface area contributed by atoms with Crippen molar-refractivity contribution in [1.82, 2.24) is 14.9 Å². The van der Waals surface area contributed by atoms with E-state index in [0.717, 1.165) is 10.7 Å². The standard InChI is InChI=1S/C5H8BrN3O2S/c1-12(10,11)8-3-5-4(6)2-7-9-5/h2,8H,3H2,1H3,(H,7,9). The molecule has 0 aliphatic carbocycles. The van der Waals surface area contributed by atoms with E-state index in [1.54, 1.807) is 6.20 Å². The molecule has 5 nitrogen and oxygen atoms in total. The first-order chi connectivity index (χ1) is 5.49. The second-order valence-electron chi connectivity index (χ2n) is 2.29. The average molecular weight is 254 g/mol. The second-order valence-corrected chi connectivity index (χ2v) is 4.98. The topological polar surface area (TPSA) is 74.8 Å². The molecule has 0 spiro atoms. The molecular formula is C5H8BrN3O2S. The molecule has 0 aliphatic rings. The smallest absolute Gasteiger partial charge is 0.209 e. The number of hydrogen-bond donors (Lipinski definition) is 2. The number of H-pyrrole nitrogens is 1. The molecule has 0 saturated carbocycles. The Morgan fingerprint density at radius 2 is 2.42 bits per heavy atom. The molecular weight excluding hydrogens is 246 g/mol. The number of aromatic amines is 1. The minimum atomic E-state index is -3.14. The fourth-order valence-electron chi connectivity index (χ4n) is 0.625. The van der Waals surface area contributed by atoms with E-state index in [-0.39, 0.29) is 6.54 Å². The molecule has 0 radical (unpaired) electrons. The summed E-state index contributed by atoms with van der Waals surface area (Å²) in [7, 11) is -3.14. The van der Waals surface area contributed by atoms with Crippen molar-refractivity contribution >= 4 is 26.0 Å². The third-order valence-corrected chi connectivity index (χ3v) is 2.53. The minimum absolute atomic E-state index is 0.222. The molecule has 1 heterocycles. The van der Waals surface area contributed by atoms with E-state index in [1.807, 2.05) is 0 Å². The lowest BCUT2D eigenvalue weighted by Crippen LogP contribution is -2.21. The average Bonchev–Trinajstić information content (AvgIpc) is 2.29. The van der Waals surface area contributed by atoms with E-state index in [9.17, 15) is 8.42 Å². The maximum absolute atomic E-state index is 10.7. The van der Waals surface area contributed by atoms with Gasteiger partial charge >= 0.3 is 0 Å². The van der Waals surface area contributed by atoms with Crippen LogP contribution in [0.15, 0.2) is 10.7 Å². The molecule has 0 unspecified atom stereocenters. The van der Waals surface area contributed by atoms with Crippen LogP contribution in [0.2, 0.25) is 0 Å². The van der Waals surface area contributed by atoms with E-state index in [1.165, 1.54) is 0 Å². The van der Waals surface area contributed by atoms with Gasteiger partial charge in [0.25, 0.3) is 0 Å². The Morgan fingerprint density at radius 3 is 2.83 bits per heavy atom. The fourth-order valence-corrected chi connectivity index (χ4v) is 1.36. The van der Waals surface area contributed by atoms with Gasteiger partial charge in [-0.25, -0.2) is 13.1 Å². The van der Waals surface area contributed by atoms with Crippen LogP contribution in [0.25, 0.3) is 0 Å². The third-order valence-electron chi connectivity index (χ3n) is 1.18. The summed E-state index contributed by atoms with van der Waals surface area (Å²) in [4.78, 5) is 0. The monoisotopic (exact) mass is 253 g/mol. The zero-order chi connectivity index (χ0) is 9.19. The van der Waals surface area contributed by atoms with Gasteiger partial charge in [0.2, 0.25) is 10.0 Å². The molecule has 2 N–H and O–H groups in total. The minimum Gasteiger partial charge on any atom is -0.280 e. The van der Waals surface area contributed by atoms with Crippen LogP contribution in [0, 0.1) is 0 Å². The van der Waals surface area contributed by atoms with Gasteiger partial charge in [0.15, 0.2) is 0 Å². The molecule has 0 amide bonds. The first kappa shape index (κ1) is 9.69. The highest BCUT2D eigenvalue weighted by Gasteiger charge is 2.04. The fraction of sp³-hybridized carbons (Fsp3) is 0.400. The van der Waals surface area contributed by atoms with Crippen LogP contribution >= 0.6 is 15.9 Å². The maximum Gasteiger partial charge on any atom is 0.209 e. The number of nitrogens with zero attached hydrogens (tertiary/aromatic N) is 1. The third kappa shape index (κ3) is 2.92. The van der Waals surface area contributed by atoms with Gasteiger partial charge in [-0.15, -0.1) is 0 Å². The van der Waals surface area contributed by atoms with Crippen LogP contribution in [0.1, 0.15) is 5.69 Å². The Balaban J connectivity index is 2.61. The number of nitrogens with one attached hydrogen (secondary N) is 2. The molecule has 0 fully saturated rings. The Hall–Kier alpha value is -0.400. The Labute approximate surface area is 78.7 Å². The number of rotatable bonds is 3. The summed E-state index contributed by atoms with van der Waals surface area (Å²) in [5, 5.41) is 6.37. The van der Waals surface area contributed by atoms with Gasteiger partial charge in [0.05, 0.1) is 29.2 Å². The predicted molar refractivity (Wildman–Crippen MR) is 48.0 cm³/mol. The Morgan fingerprint density at radius 1 is 1.75 bits per heavy atom. The van der Waals surface area contributed by atoms with Crippen molar-refractivity contribution in [2.24, 2.45) is 0 Å². The number of sulfonamides is 1. The summed E-state index contributed by atoms with van der Waals surface area (Å²) >= 11 is 3.21. The first-order valence-corrected chi connectivity index (χ1v) is 5.80. The largest absolute Gasteiger partial charge is 0.280 e. The molecule has 0 bridgehead atoms. The van der Waals surface area contributed by atoms with E-state index < -0.39 is 10.0 Å². The van der Waals surface area contributed by atoms with Crippen molar-refractivity contribution < 1.29 is 8.42 Å². The van der Waals surface area contributed by atoms with Crippen LogP contribution in [0.5, 0.6) is 0 Å². The zero-order valence-corrected chi connectivity index (χ0v) is 8.74. The van der Waals surface area contributed by atoms with E-state index in [2.05, 4.69) is 30.8 Å². The van der Waals surface area contributed by atoms with Gasteiger partial charge < -0.3 is 0 Å². The Bertz CT molecular complexity index is 359. The molecule has 12 heavy (non-hydrogen) atoms. The highest BCUT2D eigenvalue weighted by atomic mass is 79.9. The molecule has 0 aromatic carbocycles. The lowest BCUT2D eigenvalue weighted by molar-refractivity contribution is 0.586. The molecule has 1 rings (SSSR count). The van der Waals surface area contributed by atoms with Crippen LogP contribution in [-0.2, 0) is 16.6 Å². The number of halogens is 1. The van der Waals surface area contributed by atoms with E-state index in [4.69, 9.17) is 0 Å². The molecule has 1 aromatic heterocycles.